The van der Waals surface area contributed by atoms with Crippen LogP contribution in [0.1, 0.15) is 27.0 Å². The van der Waals surface area contributed by atoms with E-state index in [2.05, 4.69) is 5.32 Å². The number of nitro benzene ring substituents is 1. The molecule has 0 saturated heterocycles. The third-order valence-corrected chi connectivity index (χ3v) is 3.59. The number of rotatable bonds is 5. The maximum atomic E-state index is 12.2. The van der Waals surface area contributed by atoms with Crippen molar-refractivity contribution < 1.29 is 19.2 Å². The average Bonchev–Trinajstić information content (AvgIpc) is 2.52. The minimum Gasteiger partial charge on any atom is -0.452 e. The number of carbonyl (C=O) groups excluding carboxylic acids is 2. The van der Waals surface area contributed by atoms with Crippen molar-refractivity contribution in [1.29, 1.82) is 0 Å². The minimum atomic E-state index is -0.648. The molecular weight excluding hydrogens is 324 g/mol. The van der Waals surface area contributed by atoms with Crippen LogP contribution in [0.2, 0.25) is 0 Å². The molecule has 130 valence electrons. The van der Waals surface area contributed by atoms with E-state index in [1.54, 1.807) is 19.9 Å². The maximum absolute atomic E-state index is 12.2. The highest BCUT2D eigenvalue weighted by molar-refractivity contribution is 5.97. The summed E-state index contributed by atoms with van der Waals surface area (Å²) in [6.45, 7) is 4.99. The number of hydrogen-bond donors (Lipinski definition) is 1. The third-order valence-electron chi connectivity index (χ3n) is 3.59. The van der Waals surface area contributed by atoms with Gasteiger partial charge in [0, 0.05) is 6.07 Å². The van der Waals surface area contributed by atoms with E-state index in [0.717, 1.165) is 16.7 Å². The molecule has 0 spiro atoms. The highest BCUT2D eigenvalue weighted by Crippen LogP contribution is 2.23. The first-order valence-corrected chi connectivity index (χ1v) is 7.58. The van der Waals surface area contributed by atoms with E-state index >= 15 is 0 Å². The number of para-hydroxylation sites is 2. The molecule has 0 aliphatic rings. The van der Waals surface area contributed by atoms with E-state index in [0.29, 0.717) is 5.56 Å². The summed E-state index contributed by atoms with van der Waals surface area (Å²) in [4.78, 5) is 34.5. The molecule has 0 heterocycles. The monoisotopic (exact) mass is 342 g/mol. The van der Waals surface area contributed by atoms with Crippen LogP contribution in [-0.2, 0) is 9.53 Å². The first-order chi connectivity index (χ1) is 11.8. The van der Waals surface area contributed by atoms with Gasteiger partial charge in [-0.1, -0.05) is 29.8 Å². The van der Waals surface area contributed by atoms with Crippen molar-refractivity contribution >= 4 is 23.3 Å². The lowest BCUT2D eigenvalue weighted by Gasteiger charge is -2.11. The molecule has 0 radical (unpaired) electrons. The second-order valence-corrected chi connectivity index (χ2v) is 5.67. The van der Waals surface area contributed by atoms with Crippen molar-refractivity contribution in [2.24, 2.45) is 0 Å². The average molecular weight is 342 g/mol. The fraction of sp³-hybridized carbons (Fsp3) is 0.222. The van der Waals surface area contributed by atoms with Crippen LogP contribution < -0.4 is 5.32 Å². The fourth-order valence-electron chi connectivity index (χ4n) is 2.63. The van der Waals surface area contributed by atoms with Crippen molar-refractivity contribution in [3.05, 3.63) is 68.8 Å². The van der Waals surface area contributed by atoms with Crippen LogP contribution in [0.15, 0.2) is 36.4 Å². The van der Waals surface area contributed by atoms with Gasteiger partial charge in [0.2, 0.25) is 0 Å². The van der Waals surface area contributed by atoms with E-state index < -0.39 is 23.4 Å². The second kappa shape index (κ2) is 7.57. The quantitative estimate of drug-likeness (QED) is 0.510. The molecule has 2 rings (SSSR count). The van der Waals surface area contributed by atoms with Gasteiger partial charge in [-0.05, 0) is 38.0 Å². The van der Waals surface area contributed by atoms with E-state index in [-0.39, 0.29) is 11.4 Å². The summed E-state index contributed by atoms with van der Waals surface area (Å²) in [6, 6.07) is 9.46. The Morgan fingerprint density at radius 1 is 1.12 bits per heavy atom. The number of benzene rings is 2. The van der Waals surface area contributed by atoms with Crippen molar-refractivity contribution in [2.45, 2.75) is 20.8 Å². The Bertz CT molecular complexity index is 822. The maximum Gasteiger partial charge on any atom is 0.339 e. The van der Waals surface area contributed by atoms with Gasteiger partial charge >= 0.3 is 5.97 Å². The Kier molecular flexibility index (Phi) is 5.49. The summed E-state index contributed by atoms with van der Waals surface area (Å²) < 4.78 is 5.04. The number of amides is 1. The number of nitrogens with zero attached hydrogens (tertiary/aromatic N) is 1. The molecule has 7 heteroatoms. The molecule has 0 bridgehead atoms. The van der Waals surface area contributed by atoms with Crippen molar-refractivity contribution in [2.75, 3.05) is 11.9 Å². The number of anilines is 1. The van der Waals surface area contributed by atoms with Gasteiger partial charge in [-0.25, -0.2) is 4.79 Å². The van der Waals surface area contributed by atoms with Crippen LogP contribution in [0.5, 0.6) is 0 Å². The Morgan fingerprint density at radius 3 is 2.32 bits per heavy atom. The minimum absolute atomic E-state index is 0.0521. The number of carbonyl (C=O) groups is 2. The van der Waals surface area contributed by atoms with E-state index in [9.17, 15) is 19.7 Å². The van der Waals surface area contributed by atoms with Crippen molar-refractivity contribution in [3.63, 3.8) is 0 Å². The topological polar surface area (TPSA) is 98.5 Å². The largest absolute Gasteiger partial charge is 0.452 e. The number of aryl methyl sites for hydroxylation is 3. The van der Waals surface area contributed by atoms with Crippen LogP contribution in [0.3, 0.4) is 0 Å². The standard InChI is InChI=1S/C18H18N2O5/c1-11-8-12(2)17(13(3)9-11)18(22)25-10-16(21)19-14-6-4-5-7-15(14)20(23)24/h4-9H,10H2,1-3H3,(H,19,21). The smallest absolute Gasteiger partial charge is 0.339 e. The SMILES string of the molecule is Cc1cc(C)c(C(=O)OCC(=O)Nc2ccccc2[N+](=O)[O-])c(C)c1. The van der Waals surface area contributed by atoms with Gasteiger partial charge in [0.15, 0.2) is 6.61 Å². The number of hydrogen-bond acceptors (Lipinski definition) is 5. The van der Waals surface area contributed by atoms with Gasteiger partial charge in [-0.15, -0.1) is 0 Å². The number of nitrogens with one attached hydrogen (secondary N) is 1. The first-order valence-electron chi connectivity index (χ1n) is 7.58. The molecule has 0 atom stereocenters. The molecule has 0 aliphatic carbocycles. The van der Waals surface area contributed by atoms with Gasteiger partial charge in [0.1, 0.15) is 5.69 Å². The zero-order chi connectivity index (χ0) is 18.6. The Hall–Kier alpha value is -3.22. The molecule has 0 aromatic heterocycles. The molecule has 1 N–H and O–H groups in total. The molecule has 0 unspecified atom stereocenters. The molecular formula is C18H18N2O5. The van der Waals surface area contributed by atoms with Crippen LogP contribution in [-0.4, -0.2) is 23.4 Å². The molecule has 0 saturated carbocycles. The number of nitro groups is 1. The normalized spacial score (nSPS) is 10.2. The van der Waals surface area contributed by atoms with Crippen molar-refractivity contribution in [3.8, 4) is 0 Å². The lowest BCUT2D eigenvalue weighted by Crippen LogP contribution is -2.22. The molecule has 25 heavy (non-hydrogen) atoms. The second-order valence-electron chi connectivity index (χ2n) is 5.67. The lowest BCUT2D eigenvalue weighted by atomic mass is 10.00. The highest BCUT2D eigenvalue weighted by Gasteiger charge is 2.18. The number of ether oxygens (including phenoxy) is 1. The van der Waals surface area contributed by atoms with Crippen molar-refractivity contribution in [1.82, 2.24) is 0 Å². The number of esters is 1. The van der Waals surface area contributed by atoms with Crippen LogP contribution in [0.4, 0.5) is 11.4 Å². The molecule has 2 aromatic rings. The van der Waals surface area contributed by atoms with Crippen LogP contribution >= 0.6 is 0 Å². The van der Waals surface area contributed by atoms with Gasteiger partial charge in [0.25, 0.3) is 11.6 Å². The lowest BCUT2D eigenvalue weighted by molar-refractivity contribution is -0.383. The predicted molar refractivity (Wildman–Crippen MR) is 92.7 cm³/mol. The summed E-state index contributed by atoms with van der Waals surface area (Å²) in [5, 5.41) is 13.3. The molecule has 0 aliphatic heterocycles. The molecule has 0 fully saturated rings. The first kappa shape index (κ1) is 18.1. The van der Waals surface area contributed by atoms with Gasteiger partial charge in [-0.2, -0.15) is 0 Å². The molecule has 1 amide bonds. The highest BCUT2D eigenvalue weighted by atomic mass is 16.6. The Labute approximate surface area is 144 Å². The summed E-state index contributed by atoms with van der Waals surface area (Å²) in [5.41, 5.74) is 2.80. The zero-order valence-corrected chi connectivity index (χ0v) is 14.2. The molecule has 7 nitrogen and oxygen atoms in total. The summed E-state index contributed by atoms with van der Waals surface area (Å²) in [6.07, 6.45) is 0. The van der Waals surface area contributed by atoms with E-state index in [1.807, 2.05) is 19.1 Å². The van der Waals surface area contributed by atoms with Crippen LogP contribution in [0.25, 0.3) is 0 Å². The van der Waals surface area contributed by atoms with Gasteiger partial charge in [-0.3, -0.25) is 14.9 Å². The van der Waals surface area contributed by atoms with Crippen LogP contribution in [0, 0.1) is 30.9 Å². The Balaban J connectivity index is 2.04. The summed E-state index contributed by atoms with van der Waals surface area (Å²) >= 11 is 0. The molecule has 2 aromatic carbocycles. The summed E-state index contributed by atoms with van der Waals surface area (Å²) in [7, 11) is 0. The fourth-order valence-corrected chi connectivity index (χ4v) is 2.63. The third kappa shape index (κ3) is 4.41. The predicted octanol–water partition coefficient (Wildman–Crippen LogP) is 3.32. The van der Waals surface area contributed by atoms with E-state index in [4.69, 9.17) is 4.74 Å². The zero-order valence-electron chi connectivity index (χ0n) is 14.2. The van der Waals surface area contributed by atoms with E-state index in [1.165, 1.54) is 18.2 Å². The Morgan fingerprint density at radius 2 is 1.72 bits per heavy atom. The van der Waals surface area contributed by atoms with Gasteiger partial charge < -0.3 is 10.1 Å². The van der Waals surface area contributed by atoms with Gasteiger partial charge in [0.05, 0.1) is 10.5 Å². The summed E-state index contributed by atoms with van der Waals surface area (Å²) in [5.74, 6) is -1.25.